The minimum Gasteiger partial charge on any atom is -0.357 e. The van der Waals surface area contributed by atoms with Crippen molar-refractivity contribution in [1.29, 1.82) is 0 Å². The fourth-order valence-corrected chi connectivity index (χ4v) is 6.56. The Bertz CT molecular complexity index is 994. The number of carbonyl (C=O) groups excluding carboxylic acids is 2. The summed E-state index contributed by atoms with van der Waals surface area (Å²) < 4.78 is 0. The van der Waals surface area contributed by atoms with Crippen LogP contribution in [0.1, 0.15) is 57.6 Å². The van der Waals surface area contributed by atoms with E-state index in [0.29, 0.717) is 12.6 Å². The molecule has 184 valence electrons. The highest BCUT2D eigenvalue weighted by molar-refractivity contribution is 6.07. The normalized spacial score (nSPS) is 27.2. The summed E-state index contributed by atoms with van der Waals surface area (Å²) in [6.07, 6.45) is 6.73. The molecular formula is C27H39N5O2. The predicted octanol–water partition coefficient (Wildman–Crippen LogP) is 3.95. The van der Waals surface area contributed by atoms with Crippen LogP contribution < -0.4 is 5.32 Å². The highest BCUT2D eigenvalue weighted by Crippen LogP contribution is 2.37. The quantitative estimate of drug-likeness (QED) is 0.579. The van der Waals surface area contributed by atoms with E-state index in [1.54, 1.807) is 0 Å². The summed E-state index contributed by atoms with van der Waals surface area (Å²) in [5.74, 6) is 0.219. The molecule has 3 fully saturated rings. The van der Waals surface area contributed by atoms with Gasteiger partial charge in [0.1, 0.15) is 5.54 Å². The summed E-state index contributed by atoms with van der Waals surface area (Å²) in [6.45, 7) is 6.54. The number of hydrogen-bond acceptors (Lipinski definition) is 4. The number of rotatable bonds is 8. The summed E-state index contributed by atoms with van der Waals surface area (Å²) in [4.78, 5) is 36.5. The van der Waals surface area contributed by atoms with Crippen molar-refractivity contribution in [2.45, 2.75) is 70.0 Å². The van der Waals surface area contributed by atoms with Crippen LogP contribution in [0, 0.1) is 5.92 Å². The molecule has 7 nitrogen and oxygen atoms in total. The number of amides is 3. The molecule has 3 aliphatic rings. The van der Waals surface area contributed by atoms with Gasteiger partial charge in [0.05, 0.1) is 0 Å². The van der Waals surface area contributed by atoms with Gasteiger partial charge in [-0.1, -0.05) is 31.5 Å². The number of carbonyl (C=O) groups is 2. The molecule has 0 aliphatic carbocycles. The first kappa shape index (κ1) is 23.4. The van der Waals surface area contributed by atoms with Crippen molar-refractivity contribution in [3.05, 3.63) is 36.0 Å². The number of aromatic amines is 1. The molecule has 3 amide bonds. The van der Waals surface area contributed by atoms with Gasteiger partial charge in [-0.3, -0.25) is 14.6 Å². The second-order valence-corrected chi connectivity index (χ2v) is 10.6. The Balaban J connectivity index is 1.22. The number of imide groups is 1. The van der Waals surface area contributed by atoms with Gasteiger partial charge in [0, 0.05) is 30.3 Å². The Morgan fingerprint density at radius 2 is 1.88 bits per heavy atom. The fourth-order valence-electron chi connectivity index (χ4n) is 6.56. The molecule has 1 aromatic heterocycles. The lowest BCUT2D eigenvalue weighted by atomic mass is 9.74. The average molecular weight is 466 g/mol. The molecule has 3 saturated heterocycles. The van der Waals surface area contributed by atoms with E-state index in [4.69, 9.17) is 0 Å². The minimum absolute atomic E-state index is 0.0223. The summed E-state index contributed by atoms with van der Waals surface area (Å²) in [5.41, 5.74) is 1.69. The number of benzene rings is 1. The summed E-state index contributed by atoms with van der Waals surface area (Å²) in [6, 6.07) is 10.9. The summed E-state index contributed by atoms with van der Waals surface area (Å²) in [7, 11) is 2.15. The highest BCUT2D eigenvalue weighted by atomic mass is 16.2. The predicted molar refractivity (Wildman–Crippen MR) is 134 cm³/mol. The maximum absolute atomic E-state index is 13.7. The third-order valence-corrected chi connectivity index (χ3v) is 8.47. The first-order valence-electron chi connectivity index (χ1n) is 13.1. The zero-order chi connectivity index (χ0) is 23.7. The van der Waals surface area contributed by atoms with Crippen LogP contribution >= 0.6 is 0 Å². The standard InChI is InChI=1S/C27H39N5O2/c1-3-13-27(25(33)32(26(34)29-27)17-12-23-8-6-14-30(23)2)21-10-15-31(16-11-21)19-22-18-20-7-4-5-9-24(20)28-22/h4-5,7,9,18,21,23,28H,3,6,8,10-17,19H2,1-2H3,(H,29,34)/t23-,27-/m0/s1. The van der Waals surface area contributed by atoms with Crippen molar-refractivity contribution in [2.24, 2.45) is 5.92 Å². The van der Waals surface area contributed by atoms with E-state index >= 15 is 0 Å². The van der Waals surface area contributed by atoms with Gasteiger partial charge in [-0.25, -0.2) is 4.79 Å². The van der Waals surface area contributed by atoms with Crippen LogP contribution in [0.3, 0.4) is 0 Å². The maximum Gasteiger partial charge on any atom is 0.325 e. The van der Waals surface area contributed by atoms with Gasteiger partial charge in [-0.15, -0.1) is 0 Å². The average Bonchev–Trinajstić information content (AvgIpc) is 3.50. The van der Waals surface area contributed by atoms with Gasteiger partial charge in [0.15, 0.2) is 0 Å². The number of fused-ring (bicyclic) bond motifs is 1. The van der Waals surface area contributed by atoms with Crippen LogP contribution in [0.4, 0.5) is 4.79 Å². The molecule has 4 heterocycles. The highest BCUT2D eigenvalue weighted by Gasteiger charge is 2.55. The van der Waals surface area contributed by atoms with Crippen LogP contribution in [-0.2, 0) is 11.3 Å². The first-order valence-corrected chi connectivity index (χ1v) is 13.1. The van der Waals surface area contributed by atoms with E-state index < -0.39 is 5.54 Å². The van der Waals surface area contributed by atoms with Gasteiger partial charge in [0.2, 0.25) is 0 Å². The largest absolute Gasteiger partial charge is 0.357 e. The van der Waals surface area contributed by atoms with Gasteiger partial charge in [0.25, 0.3) is 5.91 Å². The van der Waals surface area contributed by atoms with Crippen molar-refractivity contribution < 1.29 is 9.59 Å². The molecule has 3 aliphatic heterocycles. The third-order valence-electron chi connectivity index (χ3n) is 8.47. The van der Waals surface area contributed by atoms with E-state index in [1.165, 1.54) is 27.9 Å². The maximum atomic E-state index is 13.7. The lowest BCUT2D eigenvalue weighted by molar-refractivity contribution is -0.134. The van der Waals surface area contributed by atoms with Gasteiger partial charge in [-0.05, 0) is 88.6 Å². The molecule has 0 saturated carbocycles. The lowest BCUT2D eigenvalue weighted by Gasteiger charge is -2.41. The monoisotopic (exact) mass is 465 g/mol. The van der Waals surface area contributed by atoms with Crippen molar-refractivity contribution in [3.63, 3.8) is 0 Å². The minimum atomic E-state index is -0.722. The number of aromatic nitrogens is 1. The molecule has 2 N–H and O–H groups in total. The second kappa shape index (κ2) is 9.70. The molecule has 7 heteroatoms. The Labute approximate surface area is 202 Å². The summed E-state index contributed by atoms with van der Waals surface area (Å²) in [5, 5.41) is 4.45. The number of nitrogens with zero attached hydrogens (tertiary/aromatic N) is 3. The number of hydrogen-bond donors (Lipinski definition) is 2. The Morgan fingerprint density at radius 3 is 2.59 bits per heavy atom. The van der Waals surface area contributed by atoms with Crippen LogP contribution in [0.2, 0.25) is 0 Å². The Kier molecular flexibility index (Phi) is 6.67. The zero-order valence-electron chi connectivity index (χ0n) is 20.7. The molecule has 2 aromatic rings. The third kappa shape index (κ3) is 4.36. The second-order valence-electron chi connectivity index (χ2n) is 10.6. The van der Waals surface area contributed by atoms with Crippen molar-refractivity contribution in [3.8, 4) is 0 Å². The van der Waals surface area contributed by atoms with Crippen LogP contribution in [0.15, 0.2) is 30.3 Å². The van der Waals surface area contributed by atoms with Crippen LogP contribution in [0.25, 0.3) is 10.9 Å². The van der Waals surface area contributed by atoms with E-state index in [1.807, 2.05) is 0 Å². The SMILES string of the molecule is CCC[C@@]1(C2CCN(Cc3cc4ccccc4[nH]3)CC2)NC(=O)N(CC[C@@H]2CCCN2C)C1=O. The van der Waals surface area contributed by atoms with E-state index in [0.717, 1.165) is 64.7 Å². The van der Waals surface area contributed by atoms with Gasteiger partial charge < -0.3 is 15.2 Å². The molecule has 0 spiro atoms. The topological polar surface area (TPSA) is 71.7 Å². The Hall–Kier alpha value is -2.38. The Morgan fingerprint density at radius 1 is 1.09 bits per heavy atom. The van der Waals surface area contributed by atoms with Crippen LogP contribution in [0.5, 0.6) is 0 Å². The molecule has 0 radical (unpaired) electrons. The number of likely N-dealkylation sites (tertiary alicyclic amines) is 2. The fraction of sp³-hybridized carbons (Fsp3) is 0.630. The van der Waals surface area contributed by atoms with Crippen molar-refractivity contribution in [2.75, 3.05) is 33.2 Å². The van der Waals surface area contributed by atoms with Crippen molar-refractivity contribution >= 4 is 22.8 Å². The lowest BCUT2D eigenvalue weighted by Crippen LogP contribution is -2.56. The number of urea groups is 1. The number of piperidine rings is 1. The van der Waals surface area contributed by atoms with E-state index in [-0.39, 0.29) is 17.9 Å². The number of para-hydroxylation sites is 1. The van der Waals surface area contributed by atoms with Crippen molar-refractivity contribution in [1.82, 2.24) is 25.0 Å². The van der Waals surface area contributed by atoms with Gasteiger partial charge >= 0.3 is 6.03 Å². The van der Waals surface area contributed by atoms with E-state index in [9.17, 15) is 9.59 Å². The van der Waals surface area contributed by atoms with Crippen LogP contribution in [-0.4, -0.2) is 76.4 Å². The molecule has 1 aromatic carbocycles. The summed E-state index contributed by atoms with van der Waals surface area (Å²) >= 11 is 0. The smallest absolute Gasteiger partial charge is 0.325 e. The first-order chi connectivity index (χ1) is 16.5. The molecule has 34 heavy (non-hydrogen) atoms. The molecule has 2 atom stereocenters. The van der Waals surface area contributed by atoms with Gasteiger partial charge in [-0.2, -0.15) is 0 Å². The number of H-pyrrole nitrogens is 1. The molecule has 5 rings (SSSR count). The number of nitrogens with one attached hydrogen (secondary N) is 2. The molecule has 0 unspecified atom stereocenters. The molecular weight excluding hydrogens is 426 g/mol. The zero-order valence-corrected chi connectivity index (χ0v) is 20.7. The molecule has 0 bridgehead atoms. The van der Waals surface area contributed by atoms with E-state index in [2.05, 4.69) is 64.4 Å².